The van der Waals surface area contributed by atoms with Crippen LogP contribution in [-0.2, 0) is 16.1 Å². The summed E-state index contributed by atoms with van der Waals surface area (Å²) in [7, 11) is 0. The number of carbonyl (C=O) groups excluding carboxylic acids is 1. The van der Waals surface area contributed by atoms with Gasteiger partial charge in [-0.25, -0.2) is 9.18 Å². The Hall–Kier alpha value is -1.27. The molecule has 0 spiro atoms. The van der Waals surface area contributed by atoms with E-state index in [0.29, 0.717) is 36.5 Å². The molecule has 28 heavy (non-hydrogen) atoms. The SMILES string of the molecule is CSc1ccc(COC[C@@H]2C[C@@H]2C2CCN(C(=O)OC(C)(C)C)CC2)c(F)c1. The van der Waals surface area contributed by atoms with Crippen molar-refractivity contribution in [1.29, 1.82) is 0 Å². The first-order valence-electron chi connectivity index (χ1n) is 10.1. The van der Waals surface area contributed by atoms with Crippen molar-refractivity contribution in [2.75, 3.05) is 26.0 Å². The monoisotopic (exact) mass is 409 g/mol. The summed E-state index contributed by atoms with van der Waals surface area (Å²) < 4.78 is 25.3. The van der Waals surface area contributed by atoms with Gasteiger partial charge in [0.1, 0.15) is 11.4 Å². The lowest BCUT2D eigenvalue weighted by atomic mass is 9.91. The van der Waals surface area contributed by atoms with Gasteiger partial charge >= 0.3 is 6.09 Å². The maximum absolute atomic E-state index is 14.0. The predicted molar refractivity (Wildman–Crippen MR) is 110 cm³/mol. The molecular formula is C22H32FNO3S. The third-order valence-corrected chi connectivity index (χ3v) is 6.35. The molecule has 2 fully saturated rings. The Morgan fingerprint density at radius 2 is 2.00 bits per heavy atom. The van der Waals surface area contributed by atoms with Crippen molar-refractivity contribution >= 4 is 17.9 Å². The Bertz CT molecular complexity index is 683. The Labute approximate surface area is 172 Å². The first kappa shape index (κ1) is 21.4. The van der Waals surface area contributed by atoms with Crippen molar-refractivity contribution in [1.82, 2.24) is 4.90 Å². The summed E-state index contributed by atoms with van der Waals surface area (Å²) >= 11 is 1.54. The van der Waals surface area contributed by atoms with Crippen LogP contribution in [0.2, 0.25) is 0 Å². The van der Waals surface area contributed by atoms with Crippen molar-refractivity contribution in [3.05, 3.63) is 29.6 Å². The van der Waals surface area contributed by atoms with E-state index in [-0.39, 0.29) is 11.9 Å². The smallest absolute Gasteiger partial charge is 0.410 e. The number of amides is 1. The van der Waals surface area contributed by atoms with Crippen molar-refractivity contribution in [3.8, 4) is 0 Å². The van der Waals surface area contributed by atoms with E-state index in [1.807, 2.05) is 44.1 Å². The number of piperidine rings is 1. The molecule has 6 heteroatoms. The Kier molecular flexibility index (Phi) is 6.92. The average molecular weight is 410 g/mol. The quantitative estimate of drug-likeness (QED) is 0.594. The molecule has 0 unspecified atom stereocenters. The molecule has 1 aliphatic heterocycles. The van der Waals surface area contributed by atoms with Crippen LogP contribution >= 0.6 is 11.8 Å². The molecule has 1 heterocycles. The average Bonchev–Trinajstić information content (AvgIpc) is 3.41. The van der Waals surface area contributed by atoms with Crippen LogP contribution in [0.15, 0.2) is 23.1 Å². The third kappa shape index (κ3) is 5.86. The van der Waals surface area contributed by atoms with Crippen LogP contribution in [0.5, 0.6) is 0 Å². The van der Waals surface area contributed by atoms with Crippen molar-refractivity contribution < 1.29 is 18.7 Å². The van der Waals surface area contributed by atoms with Gasteiger partial charge in [0.15, 0.2) is 0 Å². The number of hydrogen-bond acceptors (Lipinski definition) is 4. The summed E-state index contributed by atoms with van der Waals surface area (Å²) in [5.74, 6) is 1.73. The van der Waals surface area contributed by atoms with E-state index in [0.717, 1.165) is 30.8 Å². The molecule has 0 bridgehead atoms. The van der Waals surface area contributed by atoms with Gasteiger partial charge < -0.3 is 14.4 Å². The molecule has 2 aliphatic rings. The van der Waals surface area contributed by atoms with Gasteiger partial charge in [0.25, 0.3) is 0 Å². The highest BCUT2D eigenvalue weighted by molar-refractivity contribution is 7.98. The molecule has 1 saturated carbocycles. The fourth-order valence-electron chi connectivity index (χ4n) is 3.97. The van der Waals surface area contributed by atoms with Crippen LogP contribution in [0.25, 0.3) is 0 Å². The van der Waals surface area contributed by atoms with Crippen molar-refractivity contribution in [2.45, 2.75) is 57.1 Å². The van der Waals surface area contributed by atoms with Gasteiger partial charge in [0.2, 0.25) is 0 Å². The van der Waals surface area contributed by atoms with E-state index >= 15 is 0 Å². The fraction of sp³-hybridized carbons (Fsp3) is 0.682. The second-order valence-electron chi connectivity index (χ2n) is 8.94. The number of hydrogen-bond donors (Lipinski definition) is 0. The standard InChI is InChI=1S/C22H32FNO3S/c1-22(2,3)27-21(25)24-9-7-15(8-10-24)19-11-17(19)14-26-13-16-5-6-18(28-4)12-20(16)23/h5-6,12,15,17,19H,7-11,13-14H2,1-4H3/t17-,19+/m0/s1. The summed E-state index contributed by atoms with van der Waals surface area (Å²) in [6.45, 7) is 8.27. The molecule has 0 radical (unpaired) electrons. The van der Waals surface area contributed by atoms with Crippen LogP contribution in [0.4, 0.5) is 9.18 Å². The van der Waals surface area contributed by atoms with Gasteiger partial charge in [-0.15, -0.1) is 11.8 Å². The molecule has 0 aromatic heterocycles. The van der Waals surface area contributed by atoms with E-state index in [9.17, 15) is 9.18 Å². The number of halogens is 1. The van der Waals surface area contributed by atoms with E-state index in [2.05, 4.69) is 0 Å². The van der Waals surface area contributed by atoms with Crippen LogP contribution in [0, 0.1) is 23.6 Å². The first-order chi connectivity index (χ1) is 13.3. The van der Waals surface area contributed by atoms with Crippen LogP contribution in [0.3, 0.4) is 0 Å². The maximum atomic E-state index is 14.0. The molecule has 1 aromatic carbocycles. The van der Waals surface area contributed by atoms with E-state index in [4.69, 9.17) is 9.47 Å². The zero-order chi connectivity index (χ0) is 20.3. The molecule has 4 nitrogen and oxygen atoms in total. The van der Waals surface area contributed by atoms with E-state index in [1.165, 1.54) is 18.2 Å². The second-order valence-corrected chi connectivity index (χ2v) is 9.82. The summed E-state index contributed by atoms with van der Waals surface area (Å²) in [6.07, 6.45) is 4.99. The highest BCUT2D eigenvalue weighted by atomic mass is 32.2. The zero-order valence-electron chi connectivity index (χ0n) is 17.4. The van der Waals surface area contributed by atoms with Crippen LogP contribution < -0.4 is 0 Å². The molecule has 1 amide bonds. The Morgan fingerprint density at radius 3 is 2.61 bits per heavy atom. The topological polar surface area (TPSA) is 38.8 Å². The highest BCUT2D eigenvalue weighted by Crippen LogP contribution is 2.48. The number of nitrogens with zero attached hydrogens (tertiary/aromatic N) is 1. The molecule has 0 N–H and O–H groups in total. The molecule has 156 valence electrons. The molecule has 3 rings (SSSR count). The lowest BCUT2D eigenvalue weighted by Crippen LogP contribution is -2.42. The second kappa shape index (κ2) is 9.04. The van der Waals surface area contributed by atoms with E-state index in [1.54, 1.807) is 6.07 Å². The summed E-state index contributed by atoms with van der Waals surface area (Å²) in [5, 5.41) is 0. The summed E-state index contributed by atoms with van der Waals surface area (Å²) in [4.78, 5) is 14.9. The van der Waals surface area contributed by atoms with Gasteiger partial charge in [-0.3, -0.25) is 0 Å². The number of carbonyl (C=O) groups is 1. The lowest BCUT2D eigenvalue weighted by molar-refractivity contribution is 0.0169. The number of benzene rings is 1. The Morgan fingerprint density at radius 1 is 1.29 bits per heavy atom. The summed E-state index contributed by atoms with van der Waals surface area (Å²) in [5.41, 5.74) is 0.183. The number of thioether (sulfide) groups is 1. The van der Waals surface area contributed by atoms with Gasteiger partial charge in [0.05, 0.1) is 13.2 Å². The van der Waals surface area contributed by atoms with Crippen LogP contribution in [-0.4, -0.2) is 42.5 Å². The summed E-state index contributed by atoms with van der Waals surface area (Å²) in [6, 6.07) is 5.32. The first-order valence-corrected chi connectivity index (χ1v) is 11.4. The number of likely N-dealkylation sites (tertiary alicyclic amines) is 1. The largest absolute Gasteiger partial charge is 0.444 e. The van der Waals surface area contributed by atoms with Gasteiger partial charge in [-0.2, -0.15) is 0 Å². The molecular weight excluding hydrogens is 377 g/mol. The zero-order valence-corrected chi connectivity index (χ0v) is 18.2. The van der Waals surface area contributed by atoms with Gasteiger partial charge in [-0.05, 0) is 76.2 Å². The van der Waals surface area contributed by atoms with Gasteiger partial charge in [0, 0.05) is 23.5 Å². The minimum absolute atomic E-state index is 0.186. The fourth-order valence-corrected chi connectivity index (χ4v) is 4.39. The Balaban J connectivity index is 1.36. The number of rotatable bonds is 6. The molecule has 2 atom stereocenters. The van der Waals surface area contributed by atoms with Crippen molar-refractivity contribution in [2.24, 2.45) is 17.8 Å². The minimum atomic E-state index is -0.442. The molecule has 1 aliphatic carbocycles. The van der Waals surface area contributed by atoms with E-state index < -0.39 is 5.60 Å². The predicted octanol–water partition coefficient (Wildman–Crippen LogP) is 5.35. The number of ether oxygens (including phenoxy) is 2. The minimum Gasteiger partial charge on any atom is -0.444 e. The lowest BCUT2D eigenvalue weighted by Gasteiger charge is -2.33. The van der Waals surface area contributed by atoms with Gasteiger partial charge in [-0.1, -0.05) is 6.07 Å². The molecule has 1 aromatic rings. The van der Waals surface area contributed by atoms with Crippen molar-refractivity contribution in [3.63, 3.8) is 0 Å². The normalized spacial score (nSPS) is 23.0. The molecule has 1 saturated heterocycles. The highest BCUT2D eigenvalue weighted by Gasteiger charge is 2.44. The third-order valence-electron chi connectivity index (χ3n) is 5.62. The van der Waals surface area contributed by atoms with Crippen LogP contribution in [0.1, 0.15) is 45.6 Å². The maximum Gasteiger partial charge on any atom is 0.410 e.